The first kappa shape index (κ1) is 18.2. The van der Waals surface area contributed by atoms with Crippen molar-refractivity contribution in [1.82, 2.24) is 4.57 Å². The Morgan fingerprint density at radius 3 is 2.48 bits per heavy atom. The van der Waals surface area contributed by atoms with Crippen LogP contribution < -0.4 is 16.6 Å². The largest absolute Gasteiger partial charge is 0.421 e. The van der Waals surface area contributed by atoms with E-state index in [1.54, 1.807) is 19.1 Å². The number of hydrogen-bond acceptors (Lipinski definition) is 3. The summed E-state index contributed by atoms with van der Waals surface area (Å²) in [6, 6.07) is 6.29. The van der Waals surface area contributed by atoms with Crippen LogP contribution in [-0.2, 0) is 17.5 Å². The number of rotatable bonds is 4. The van der Waals surface area contributed by atoms with Crippen LogP contribution in [0.2, 0.25) is 0 Å². The van der Waals surface area contributed by atoms with E-state index in [-0.39, 0.29) is 11.3 Å². The molecule has 2 rings (SSSR count). The Morgan fingerprint density at radius 1 is 1.20 bits per heavy atom. The molecule has 1 heterocycles. The zero-order valence-corrected chi connectivity index (χ0v) is 13.1. The Bertz CT molecular complexity index is 888. The molecule has 0 unspecified atom stereocenters. The Morgan fingerprint density at radius 2 is 1.88 bits per heavy atom. The maximum absolute atomic E-state index is 12.7. The lowest BCUT2D eigenvalue weighted by atomic mass is 10.1. The summed E-state index contributed by atoms with van der Waals surface area (Å²) in [5.41, 5.74) is 3.31. The zero-order chi connectivity index (χ0) is 18.8. The van der Waals surface area contributed by atoms with Gasteiger partial charge in [0.15, 0.2) is 0 Å². The highest BCUT2D eigenvalue weighted by Crippen LogP contribution is 2.26. The number of pyridine rings is 1. The molecule has 0 atom stereocenters. The topological polar surface area (TPSA) is 94.2 Å². The second kappa shape index (κ2) is 6.80. The smallest absolute Gasteiger partial charge is 0.366 e. The van der Waals surface area contributed by atoms with Crippen molar-refractivity contribution in [3.05, 3.63) is 63.6 Å². The van der Waals surface area contributed by atoms with E-state index < -0.39 is 35.7 Å². The highest BCUT2D eigenvalue weighted by molar-refractivity contribution is 6.04. The van der Waals surface area contributed by atoms with Crippen molar-refractivity contribution in [2.24, 2.45) is 5.73 Å². The molecule has 1 aromatic heterocycles. The number of primary amides is 1. The third-order valence-corrected chi connectivity index (χ3v) is 3.43. The quantitative estimate of drug-likeness (QED) is 0.879. The van der Waals surface area contributed by atoms with E-state index in [0.717, 1.165) is 12.3 Å². The van der Waals surface area contributed by atoms with Crippen LogP contribution in [0.3, 0.4) is 0 Å². The molecule has 3 N–H and O–H groups in total. The summed E-state index contributed by atoms with van der Waals surface area (Å²) in [5, 5.41) is 2.39. The van der Waals surface area contributed by atoms with E-state index in [9.17, 15) is 27.6 Å². The SMILES string of the molecule is Cc1cccc(NC(=O)Cn2cccc(C(F)(F)F)c2=O)c1C(N)=O. The predicted octanol–water partition coefficient (Wildman–Crippen LogP) is 1.91. The van der Waals surface area contributed by atoms with Crippen molar-refractivity contribution in [3.63, 3.8) is 0 Å². The van der Waals surface area contributed by atoms with Gasteiger partial charge in [-0.1, -0.05) is 12.1 Å². The third kappa shape index (κ3) is 4.06. The highest BCUT2D eigenvalue weighted by Gasteiger charge is 2.34. The number of carbonyl (C=O) groups is 2. The van der Waals surface area contributed by atoms with E-state index in [4.69, 9.17) is 5.73 Å². The fourth-order valence-corrected chi connectivity index (χ4v) is 2.32. The average Bonchev–Trinajstić information content (AvgIpc) is 2.47. The molecule has 0 fully saturated rings. The minimum Gasteiger partial charge on any atom is -0.366 e. The Kier molecular flexibility index (Phi) is 4.96. The molecule has 0 saturated heterocycles. The van der Waals surface area contributed by atoms with Gasteiger partial charge in [-0.2, -0.15) is 13.2 Å². The summed E-state index contributed by atoms with van der Waals surface area (Å²) in [6.07, 6.45) is -3.74. The van der Waals surface area contributed by atoms with E-state index in [2.05, 4.69) is 5.32 Å². The first-order valence-electron chi connectivity index (χ1n) is 7.07. The number of aromatic nitrogens is 1. The minimum absolute atomic E-state index is 0.0900. The van der Waals surface area contributed by atoms with Crippen molar-refractivity contribution in [1.29, 1.82) is 0 Å². The first-order chi connectivity index (χ1) is 11.6. The van der Waals surface area contributed by atoms with Crippen LogP contribution in [-0.4, -0.2) is 16.4 Å². The Balaban J connectivity index is 2.27. The van der Waals surface area contributed by atoms with Gasteiger partial charge in [0.1, 0.15) is 12.1 Å². The molecule has 0 aliphatic heterocycles. The lowest BCUT2D eigenvalue weighted by molar-refractivity contribution is -0.139. The number of amides is 2. The standard InChI is InChI=1S/C16H14F3N3O3/c1-9-4-2-6-11(13(9)14(20)24)21-12(23)8-22-7-3-5-10(15(22)25)16(17,18)19/h2-7H,8H2,1H3,(H2,20,24)(H,21,23). The second-order valence-corrected chi connectivity index (χ2v) is 5.26. The van der Waals surface area contributed by atoms with Crippen molar-refractivity contribution in [2.75, 3.05) is 5.32 Å². The molecule has 0 bridgehead atoms. The molecule has 6 nitrogen and oxygen atoms in total. The van der Waals surface area contributed by atoms with Gasteiger partial charge in [0.2, 0.25) is 5.91 Å². The maximum atomic E-state index is 12.7. The van der Waals surface area contributed by atoms with E-state index >= 15 is 0 Å². The van der Waals surface area contributed by atoms with E-state index in [1.807, 2.05) is 0 Å². The number of nitrogens with one attached hydrogen (secondary N) is 1. The lowest BCUT2D eigenvalue weighted by Crippen LogP contribution is -2.32. The van der Waals surface area contributed by atoms with Gasteiger partial charge in [-0.25, -0.2) is 0 Å². The molecule has 1 aromatic carbocycles. The number of carbonyl (C=O) groups excluding carboxylic acids is 2. The lowest BCUT2D eigenvalue weighted by Gasteiger charge is -2.13. The fraction of sp³-hybridized carbons (Fsp3) is 0.188. The summed E-state index contributed by atoms with van der Waals surface area (Å²) < 4.78 is 38.8. The molecular weight excluding hydrogens is 339 g/mol. The first-order valence-corrected chi connectivity index (χ1v) is 7.07. The van der Waals surface area contributed by atoms with Gasteiger partial charge >= 0.3 is 6.18 Å². The number of nitrogens with two attached hydrogens (primary N) is 1. The molecule has 132 valence electrons. The summed E-state index contributed by atoms with van der Waals surface area (Å²) in [7, 11) is 0. The minimum atomic E-state index is -4.81. The number of hydrogen-bond donors (Lipinski definition) is 2. The van der Waals surface area contributed by atoms with Gasteiger partial charge in [-0.3, -0.25) is 14.4 Å². The van der Waals surface area contributed by atoms with Crippen LogP contribution in [0.25, 0.3) is 0 Å². The monoisotopic (exact) mass is 353 g/mol. The van der Waals surface area contributed by atoms with Crippen molar-refractivity contribution < 1.29 is 22.8 Å². The third-order valence-electron chi connectivity index (χ3n) is 3.43. The van der Waals surface area contributed by atoms with E-state index in [0.29, 0.717) is 16.2 Å². The van der Waals surface area contributed by atoms with Crippen molar-refractivity contribution >= 4 is 17.5 Å². The van der Waals surface area contributed by atoms with Crippen LogP contribution in [0.1, 0.15) is 21.5 Å². The fourth-order valence-electron chi connectivity index (χ4n) is 2.32. The highest BCUT2D eigenvalue weighted by atomic mass is 19.4. The predicted molar refractivity (Wildman–Crippen MR) is 84.0 cm³/mol. The summed E-state index contributed by atoms with van der Waals surface area (Å²) in [4.78, 5) is 35.4. The van der Waals surface area contributed by atoms with Gasteiger partial charge in [0.25, 0.3) is 11.5 Å². The van der Waals surface area contributed by atoms with Gasteiger partial charge < -0.3 is 15.6 Å². The molecule has 0 radical (unpaired) electrons. The summed E-state index contributed by atoms with van der Waals surface area (Å²) in [5.74, 6) is -1.53. The average molecular weight is 353 g/mol. The van der Waals surface area contributed by atoms with Crippen LogP contribution in [0.4, 0.5) is 18.9 Å². The number of anilines is 1. The molecule has 2 amide bonds. The normalized spacial score (nSPS) is 11.2. The second-order valence-electron chi connectivity index (χ2n) is 5.26. The van der Waals surface area contributed by atoms with Gasteiger partial charge in [0, 0.05) is 6.20 Å². The molecule has 9 heteroatoms. The van der Waals surface area contributed by atoms with Crippen LogP contribution in [0.15, 0.2) is 41.3 Å². The molecule has 0 aliphatic rings. The molecule has 0 spiro atoms. The molecule has 0 aliphatic carbocycles. The van der Waals surface area contributed by atoms with E-state index in [1.165, 1.54) is 6.07 Å². The summed E-state index contributed by atoms with van der Waals surface area (Å²) in [6.45, 7) is 0.974. The summed E-state index contributed by atoms with van der Waals surface area (Å²) >= 11 is 0. The number of nitrogens with zero attached hydrogens (tertiary/aromatic N) is 1. The number of benzene rings is 1. The van der Waals surface area contributed by atoms with Crippen LogP contribution in [0.5, 0.6) is 0 Å². The molecular formula is C16H14F3N3O3. The van der Waals surface area contributed by atoms with Gasteiger partial charge in [-0.05, 0) is 30.7 Å². The van der Waals surface area contributed by atoms with Crippen molar-refractivity contribution in [2.45, 2.75) is 19.6 Å². The molecule has 2 aromatic rings. The number of halogens is 3. The zero-order valence-electron chi connectivity index (χ0n) is 13.1. The van der Waals surface area contributed by atoms with Crippen LogP contribution >= 0.6 is 0 Å². The molecule has 25 heavy (non-hydrogen) atoms. The van der Waals surface area contributed by atoms with Crippen LogP contribution in [0, 0.1) is 6.92 Å². The number of alkyl halides is 3. The number of aryl methyl sites for hydroxylation is 1. The Hall–Kier alpha value is -3.10. The van der Waals surface area contributed by atoms with Gasteiger partial charge in [-0.15, -0.1) is 0 Å². The maximum Gasteiger partial charge on any atom is 0.421 e. The van der Waals surface area contributed by atoms with Crippen molar-refractivity contribution in [3.8, 4) is 0 Å². The Labute approximate surface area is 140 Å². The van der Waals surface area contributed by atoms with Gasteiger partial charge in [0.05, 0.1) is 11.3 Å². The molecule has 0 saturated carbocycles.